The molecule has 1 atom stereocenters. The second-order valence-corrected chi connectivity index (χ2v) is 3.75. The number of methoxy groups -OCH3 is 1. The molecule has 1 aromatic carbocycles. The molecule has 0 amide bonds. The number of rotatable bonds is 6. The van der Waals surface area contributed by atoms with Crippen LogP contribution in [0.25, 0.3) is 0 Å². The van der Waals surface area contributed by atoms with E-state index in [2.05, 4.69) is 5.32 Å². The minimum atomic E-state index is -0.352. The predicted molar refractivity (Wildman–Crippen MR) is 67.2 cm³/mol. The van der Waals surface area contributed by atoms with Crippen LogP contribution in [0.1, 0.15) is 12.5 Å². The molecular formula is C13H18N2O2. The minimum Gasteiger partial charge on any atom is -0.496 e. The summed E-state index contributed by atoms with van der Waals surface area (Å²) in [4.78, 5) is 0. The molecule has 4 heteroatoms. The van der Waals surface area contributed by atoms with E-state index in [9.17, 15) is 0 Å². The van der Waals surface area contributed by atoms with Crippen molar-refractivity contribution in [2.75, 3.05) is 25.6 Å². The topological polar surface area (TPSA) is 54.3 Å². The summed E-state index contributed by atoms with van der Waals surface area (Å²) >= 11 is 0. The predicted octanol–water partition coefficient (Wildman–Crippen LogP) is 2.34. The van der Waals surface area contributed by atoms with Crippen LogP contribution in [0.5, 0.6) is 5.75 Å². The molecule has 1 unspecified atom stereocenters. The van der Waals surface area contributed by atoms with Crippen molar-refractivity contribution < 1.29 is 9.47 Å². The van der Waals surface area contributed by atoms with Crippen LogP contribution in [0.4, 0.5) is 5.69 Å². The zero-order chi connectivity index (χ0) is 12.7. The molecule has 92 valence electrons. The standard InChI is InChI=1S/C13H18N2O2/c1-10-8-12(4-5-13(10)16-3)15-6-7-17-11(2)9-14/h4-5,8,11,15H,6-7H2,1-3H3. The number of nitrogens with zero attached hydrogens (tertiary/aromatic N) is 1. The molecule has 0 fully saturated rings. The Morgan fingerprint density at radius 1 is 1.47 bits per heavy atom. The Kier molecular flexibility index (Phi) is 5.31. The number of aryl methyl sites for hydroxylation is 1. The van der Waals surface area contributed by atoms with E-state index in [0.29, 0.717) is 13.2 Å². The summed E-state index contributed by atoms with van der Waals surface area (Å²) in [6.45, 7) is 4.92. The molecule has 0 radical (unpaired) electrons. The number of ether oxygens (including phenoxy) is 2. The Morgan fingerprint density at radius 3 is 2.82 bits per heavy atom. The van der Waals surface area contributed by atoms with Gasteiger partial charge in [0.1, 0.15) is 11.9 Å². The Bertz CT molecular complexity index is 399. The third kappa shape index (κ3) is 4.33. The summed E-state index contributed by atoms with van der Waals surface area (Å²) in [5.74, 6) is 0.880. The second-order valence-electron chi connectivity index (χ2n) is 3.75. The number of anilines is 1. The van der Waals surface area contributed by atoms with Gasteiger partial charge in [0.05, 0.1) is 19.8 Å². The SMILES string of the molecule is COc1ccc(NCCOC(C)C#N)cc1C. The average Bonchev–Trinajstić information content (AvgIpc) is 2.34. The minimum absolute atomic E-state index is 0.352. The second kappa shape index (κ2) is 6.77. The molecule has 0 bridgehead atoms. The third-order valence-electron chi connectivity index (χ3n) is 2.38. The van der Waals surface area contributed by atoms with Crippen molar-refractivity contribution in [2.45, 2.75) is 20.0 Å². The van der Waals surface area contributed by atoms with E-state index in [1.807, 2.05) is 31.2 Å². The van der Waals surface area contributed by atoms with E-state index in [1.54, 1.807) is 14.0 Å². The van der Waals surface area contributed by atoms with Gasteiger partial charge in [-0.05, 0) is 37.6 Å². The van der Waals surface area contributed by atoms with Crippen molar-refractivity contribution in [2.24, 2.45) is 0 Å². The van der Waals surface area contributed by atoms with E-state index in [1.165, 1.54) is 0 Å². The van der Waals surface area contributed by atoms with Crippen LogP contribution in [0.15, 0.2) is 18.2 Å². The van der Waals surface area contributed by atoms with E-state index in [0.717, 1.165) is 17.0 Å². The molecule has 0 spiro atoms. The van der Waals surface area contributed by atoms with Gasteiger partial charge in [-0.25, -0.2) is 0 Å². The lowest BCUT2D eigenvalue weighted by atomic mass is 10.2. The van der Waals surface area contributed by atoms with E-state index in [4.69, 9.17) is 14.7 Å². The Morgan fingerprint density at radius 2 is 2.24 bits per heavy atom. The summed E-state index contributed by atoms with van der Waals surface area (Å²) in [7, 11) is 1.66. The van der Waals surface area contributed by atoms with Gasteiger partial charge < -0.3 is 14.8 Å². The molecule has 17 heavy (non-hydrogen) atoms. The van der Waals surface area contributed by atoms with Crippen molar-refractivity contribution in [3.05, 3.63) is 23.8 Å². The molecule has 0 saturated heterocycles. The maximum absolute atomic E-state index is 8.54. The molecule has 0 aliphatic rings. The molecule has 0 aliphatic heterocycles. The molecule has 0 saturated carbocycles. The van der Waals surface area contributed by atoms with Gasteiger partial charge in [0.25, 0.3) is 0 Å². The highest BCUT2D eigenvalue weighted by Crippen LogP contribution is 2.21. The van der Waals surface area contributed by atoms with Gasteiger partial charge in [-0.15, -0.1) is 0 Å². The van der Waals surface area contributed by atoms with Crippen molar-refractivity contribution >= 4 is 5.69 Å². The summed E-state index contributed by atoms with van der Waals surface area (Å²) in [5, 5.41) is 11.8. The molecule has 1 rings (SSSR count). The number of hydrogen-bond acceptors (Lipinski definition) is 4. The fourth-order valence-corrected chi connectivity index (χ4v) is 1.46. The van der Waals surface area contributed by atoms with Crippen molar-refractivity contribution in [3.63, 3.8) is 0 Å². The third-order valence-corrected chi connectivity index (χ3v) is 2.38. The zero-order valence-electron chi connectivity index (χ0n) is 10.5. The van der Waals surface area contributed by atoms with Gasteiger partial charge in [-0.3, -0.25) is 0 Å². The van der Waals surface area contributed by atoms with Crippen LogP contribution in [0.3, 0.4) is 0 Å². The summed E-state index contributed by atoms with van der Waals surface area (Å²) in [5.41, 5.74) is 2.11. The Hall–Kier alpha value is -1.73. The molecule has 0 aromatic heterocycles. The molecule has 4 nitrogen and oxygen atoms in total. The van der Waals surface area contributed by atoms with E-state index >= 15 is 0 Å². The highest BCUT2D eigenvalue weighted by molar-refractivity contribution is 5.50. The first kappa shape index (κ1) is 13.3. The fourth-order valence-electron chi connectivity index (χ4n) is 1.46. The molecule has 0 heterocycles. The molecule has 0 aliphatic carbocycles. The lowest BCUT2D eigenvalue weighted by Crippen LogP contribution is -2.14. The maximum atomic E-state index is 8.54. The van der Waals surface area contributed by atoms with Crippen molar-refractivity contribution in [3.8, 4) is 11.8 Å². The van der Waals surface area contributed by atoms with Gasteiger partial charge in [-0.1, -0.05) is 0 Å². The number of benzene rings is 1. The van der Waals surface area contributed by atoms with Crippen LogP contribution in [0, 0.1) is 18.3 Å². The Balaban J connectivity index is 2.38. The number of nitriles is 1. The largest absolute Gasteiger partial charge is 0.496 e. The zero-order valence-corrected chi connectivity index (χ0v) is 10.5. The van der Waals surface area contributed by atoms with E-state index < -0.39 is 0 Å². The first-order chi connectivity index (χ1) is 8.17. The first-order valence-corrected chi connectivity index (χ1v) is 5.57. The monoisotopic (exact) mass is 234 g/mol. The maximum Gasteiger partial charge on any atom is 0.141 e. The van der Waals surface area contributed by atoms with Gasteiger partial charge in [0.2, 0.25) is 0 Å². The van der Waals surface area contributed by atoms with Crippen LogP contribution in [-0.2, 0) is 4.74 Å². The lowest BCUT2D eigenvalue weighted by molar-refractivity contribution is 0.111. The summed E-state index contributed by atoms with van der Waals surface area (Å²) in [6.07, 6.45) is -0.352. The van der Waals surface area contributed by atoms with Crippen molar-refractivity contribution in [1.82, 2.24) is 0 Å². The normalized spacial score (nSPS) is 11.6. The number of nitrogens with one attached hydrogen (secondary N) is 1. The smallest absolute Gasteiger partial charge is 0.141 e. The first-order valence-electron chi connectivity index (χ1n) is 5.57. The van der Waals surface area contributed by atoms with Crippen LogP contribution >= 0.6 is 0 Å². The lowest BCUT2D eigenvalue weighted by Gasteiger charge is -2.10. The van der Waals surface area contributed by atoms with Gasteiger partial charge in [-0.2, -0.15) is 5.26 Å². The molecule has 1 N–H and O–H groups in total. The highest BCUT2D eigenvalue weighted by Gasteiger charge is 2.00. The summed E-state index contributed by atoms with van der Waals surface area (Å²) in [6, 6.07) is 7.93. The van der Waals surface area contributed by atoms with E-state index in [-0.39, 0.29) is 6.10 Å². The highest BCUT2D eigenvalue weighted by atomic mass is 16.5. The Labute approximate surface area is 102 Å². The van der Waals surface area contributed by atoms with Crippen LogP contribution in [-0.4, -0.2) is 26.4 Å². The number of hydrogen-bond donors (Lipinski definition) is 1. The summed E-state index contributed by atoms with van der Waals surface area (Å²) < 4.78 is 10.4. The fraction of sp³-hybridized carbons (Fsp3) is 0.462. The van der Waals surface area contributed by atoms with Gasteiger partial charge in [0, 0.05) is 12.2 Å². The van der Waals surface area contributed by atoms with Gasteiger partial charge >= 0.3 is 0 Å². The molecular weight excluding hydrogens is 216 g/mol. The molecule has 1 aromatic rings. The quantitative estimate of drug-likeness (QED) is 0.768. The van der Waals surface area contributed by atoms with Crippen molar-refractivity contribution in [1.29, 1.82) is 5.26 Å². The van der Waals surface area contributed by atoms with Gasteiger partial charge in [0.15, 0.2) is 0 Å². The average molecular weight is 234 g/mol. The van der Waals surface area contributed by atoms with Crippen LogP contribution in [0.2, 0.25) is 0 Å². The van der Waals surface area contributed by atoms with Crippen LogP contribution < -0.4 is 10.1 Å².